The Hall–Kier alpha value is -7.04. The molecule has 2 aliphatic rings. The predicted octanol–water partition coefficient (Wildman–Crippen LogP) is 2.57. The first-order chi connectivity index (χ1) is 30.3. The van der Waals surface area contributed by atoms with Crippen molar-refractivity contribution >= 4 is 92.1 Å². The summed E-state index contributed by atoms with van der Waals surface area (Å²) in [5, 5.41) is 26.9. The molecule has 0 radical (unpaired) electrons. The second kappa shape index (κ2) is 22.4. The Labute approximate surface area is 375 Å². The minimum absolute atomic E-state index is 0. The maximum atomic E-state index is 13.1. The smallest absolute Gasteiger partial charge is 0.325 e. The molecule has 2 aliphatic heterocycles. The number of carboxylic acids is 1. The lowest BCUT2D eigenvalue weighted by molar-refractivity contribution is -0.147. The van der Waals surface area contributed by atoms with Crippen LogP contribution in [0.25, 0.3) is 21.8 Å². The van der Waals surface area contributed by atoms with E-state index < -0.39 is 29.7 Å². The maximum absolute atomic E-state index is 13.1. The van der Waals surface area contributed by atoms with Gasteiger partial charge in [0.05, 0.1) is 37.5 Å². The van der Waals surface area contributed by atoms with Crippen LogP contribution in [0.1, 0.15) is 28.4 Å². The van der Waals surface area contributed by atoms with Gasteiger partial charge in [0.15, 0.2) is 11.4 Å². The maximum Gasteiger partial charge on any atom is 0.325 e. The molecule has 0 bridgehead atoms. The van der Waals surface area contributed by atoms with Gasteiger partial charge in [-0.15, -0.1) is 0 Å². The number of hydrogen-bond acceptors (Lipinski definition) is 13. The van der Waals surface area contributed by atoms with E-state index in [2.05, 4.69) is 36.1 Å². The number of pyridine rings is 2. The van der Waals surface area contributed by atoms with Gasteiger partial charge >= 0.3 is 5.97 Å². The van der Waals surface area contributed by atoms with Gasteiger partial charge in [-0.1, -0.05) is 79.2 Å². The summed E-state index contributed by atoms with van der Waals surface area (Å²) in [6.45, 7) is 1.83. The number of halogens is 2. The van der Waals surface area contributed by atoms with Gasteiger partial charge in [-0.3, -0.25) is 38.1 Å². The fraction of sp³-hybridized carbons (Fsp3) is 0.268. The number of carboxylic acid groups (broad SMARTS) is 1. The lowest BCUT2D eigenvalue weighted by Crippen LogP contribution is -2.55. The molecule has 8 rings (SSSR count). The van der Waals surface area contributed by atoms with Crippen molar-refractivity contribution < 1.29 is 43.3 Å². The molecule has 64 heavy (non-hydrogen) atoms. The third-order valence-corrected chi connectivity index (χ3v) is 9.70. The van der Waals surface area contributed by atoms with Gasteiger partial charge in [0.1, 0.15) is 47.1 Å². The van der Waals surface area contributed by atoms with Crippen molar-refractivity contribution in [2.45, 2.75) is 32.6 Å². The first kappa shape index (κ1) is 48.0. The average molecular weight is 920 g/mol. The molecule has 0 spiro atoms. The summed E-state index contributed by atoms with van der Waals surface area (Å²) >= 11 is 11.6. The van der Waals surface area contributed by atoms with Crippen molar-refractivity contribution in [2.24, 2.45) is 11.5 Å². The van der Waals surface area contributed by atoms with Crippen LogP contribution < -0.4 is 27.4 Å². The number of rotatable bonds is 10. The van der Waals surface area contributed by atoms with Gasteiger partial charge in [-0.25, -0.2) is 9.97 Å². The molecule has 4 aromatic heterocycles. The summed E-state index contributed by atoms with van der Waals surface area (Å²) < 4.78 is 13.3. The van der Waals surface area contributed by atoms with Crippen LogP contribution in [-0.4, -0.2) is 127 Å². The number of morpholine rings is 2. The Morgan fingerprint density at radius 3 is 1.72 bits per heavy atom. The van der Waals surface area contributed by atoms with Crippen molar-refractivity contribution in [1.29, 1.82) is 0 Å². The number of primary amides is 2. The van der Waals surface area contributed by atoms with Crippen molar-refractivity contribution in [3.8, 4) is 0 Å². The van der Waals surface area contributed by atoms with Crippen LogP contribution in [0.3, 0.4) is 0 Å². The Morgan fingerprint density at radius 2 is 1.22 bits per heavy atom. The zero-order chi connectivity index (χ0) is 45.0. The van der Waals surface area contributed by atoms with E-state index in [1.54, 1.807) is 84.9 Å². The minimum atomic E-state index is -1.02. The molecule has 21 nitrogen and oxygen atoms in total. The molecule has 5 amide bonds. The monoisotopic (exact) mass is 918 g/mol. The molecule has 6 heterocycles. The van der Waals surface area contributed by atoms with Gasteiger partial charge in [-0.2, -0.15) is 10.2 Å². The molecule has 336 valence electrons. The van der Waals surface area contributed by atoms with E-state index in [0.29, 0.717) is 59.1 Å². The largest absolute Gasteiger partial charge is 0.480 e. The van der Waals surface area contributed by atoms with Crippen LogP contribution in [0, 0.1) is 0 Å². The fourth-order valence-corrected chi connectivity index (χ4v) is 6.77. The first-order valence-electron chi connectivity index (χ1n) is 19.1. The molecule has 2 atom stereocenters. The number of anilines is 2. The second-order valence-electron chi connectivity index (χ2n) is 13.6. The van der Waals surface area contributed by atoms with E-state index in [1.807, 2.05) is 0 Å². The molecule has 0 saturated carbocycles. The highest BCUT2D eigenvalue weighted by Crippen LogP contribution is 2.21. The molecule has 6 aromatic rings. The molecular weight excluding hydrogens is 875 g/mol. The van der Waals surface area contributed by atoms with Gasteiger partial charge in [0.25, 0.3) is 17.7 Å². The topological polar surface area (TPSA) is 294 Å². The molecule has 0 unspecified atom stereocenters. The van der Waals surface area contributed by atoms with Crippen molar-refractivity contribution in [1.82, 2.24) is 39.7 Å². The molecule has 23 heteroatoms. The number of aromatic nitrogens is 6. The van der Waals surface area contributed by atoms with Crippen LogP contribution in [0.5, 0.6) is 0 Å². The number of nitrogens with zero attached hydrogens (tertiary/aromatic N) is 7. The number of carbonyl (C=O) groups excluding carboxylic acids is 5. The Bertz CT molecular complexity index is 2650. The van der Waals surface area contributed by atoms with E-state index in [-0.39, 0.29) is 73.9 Å². The van der Waals surface area contributed by atoms with Crippen molar-refractivity contribution in [3.05, 3.63) is 107 Å². The van der Waals surface area contributed by atoms with E-state index in [9.17, 15) is 28.8 Å². The van der Waals surface area contributed by atoms with Gasteiger partial charge in [0, 0.05) is 23.9 Å². The SMILES string of the molecule is C.NC(=O)c1nn(CC(=O)N2CCOC[C@H]2C(=O)Nc2cccc(Cl)n2)c2ccccc12.NC(=O)c1nn(CC(=O)O)c2ccccc12.O=C(Nc1cccc(Cl)n1)[C@@H]1COCCN1. The zero-order valence-electron chi connectivity index (χ0n) is 33.1. The molecule has 2 saturated heterocycles. The van der Waals surface area contributed by atoms with Crippen LogP contribution in [0.4, 0.5) is 11.6 Å². The standard InChI is InChI=1S/C20H19ClN6O4.C10H12ClN3O2.C10H9N3O3.CH4/c21-15-6-3-7-16(23-15)24-20(30)14-11-31-9-8-26(14)17(28)10-27-13-5-2-1-4-12(13)18(25-27)19(22)29;11-8-2-1-3-9(13-8)14-10(15)7-6-16-5-4-12-7;11-10(16)9-6-3-1-2-4-7(6)13(12-9)5-8(14)15;/h1-7,14H,8-11H2,(H2,22,29)(H,23,24,30);1-3,7,12H,4-6H2,(H,13,14,15);1-4H,5H2,(H2,11,16)(H,14,15);1H4/t14-;7-;;/m00../s1. The number of aliphatic carboxylic acids is 1. The zero-order valence-corrected chi connectivity index (χ0v) is 34.7. The summed E-state index contributed by atoms with van der Waals surface area (Å²) in [6, 6.07) is 22.6. The minimum Gasteiger partial charge on any atom is -0.480 e. The first-order valence-corrected chi connectivity index (χ1v) is 19.8. The highest BCUT2D eigenvalue weighted by Gasteiger charge is 2.34. The number of ether oxygens (including phenoxy) is 2. The molecule has 8 N–H and O–H groups in total. The number of benzene rings is 2. The molecule has 0 aliphatic carbocycles. The second-order valence-corrected chi connectivity index (χ2v) is 14.4. The van der Waals surface area contributed by atoms with Crippen LogP contribution >= 0.6 is 23.2 Å². The number of amides is 5. The van der Waals surface area contributed by atoms with Crippen LogP contribution in [0.2, 0.25) is 10.3 Å². The van der Waals surface area contributed by atoms with Crippen LogP contribution in [0.15, 0.2) is 84.9 Å². The molecule has 2 aromatic carbocycles. The Kier molecular flexibility index (Phi) is 16.8. The fourth-order valence-electron chi connectivity index (χ4n) is 6.44. The lowest BCUT2D eigenvalue weighted by Gasteiger charge is -2.34. The highest BCUT2D eigenvalue weighted by molar-refractivity contribution is 6.29. The summed E-state index contributed by atoms with van der Waals surface area (Å²) in [5.74, 6) is -2.58. The average Bonchev–Trinajstić information content (AvgIpc) is 3.83. The number of nitrogens with one attached hydrogen (secondary N) is 3. The van der Waals surface area contributed by atoms with Gasteiger partial charge in [0.2, 0.25) is 11.8 Å². The summed E-state index contributed by atoms with van der Waals surface area (Å²) in [4.78, 5) is 80.5. The number of hydrogen-bond donors (Lipinski definition) is 6. The van der Waals surface area contributed by atoms with E-state index >= 15 is 0 Å². The van der Waals surface area contributed by atoms with E-state index in [4.69, 9.17) is 49.2 Å². The molecular formula is C41H44Cl2N12O9. The van der Waals surface area contributed by atoms with Gasteiger partial charge < -0.3 is 46.9 Å². The third kappa shape index (κ3) is 12.3. The Morgan fingerprint density at radius 1 is 0.703 bits per heavy atom. The summed E-state index contributed by atoms with van der Waals surface area (Å²) in [7, 11) is 0. The van der Waals surface area contributed by atoms with E-state index in [1.165, 1.54) is 14.3 Å². The number of fused-ring (bicyclic) bond motifs is 2. The van der Waals surface area contributed by atoms with E-state index in [0.717, 1.165) is 0 Å². The lowest BCUT2D eigenvalue weighted by atomic mass is 10.2. The summed E-state index contributed by atoms with van der Waals surface area (Å²) in [5.41, 5.74) is 11.9. The van der Waals surface area contributed by atoms with Crippen LogP contribution in [-0.2, 0) is 41.7 Å². The van der Waals surface area contributed by atoms with Crippen molar-refractivity contribution in [3.63, 3.8) is 0 Å². The Balaban J connectivity index is 0.000000197. The predicted molar refractivity (Wildman–Crippen MR) is 236 cm³/mol. The van der Waals surface area contributed by atoms with Crippen molar-refractivity contribution in [2.75, 3.05) is 50.2 Å². The quantitative estimate of drug-likeness (QED) is 0.108. The van der Waals surface area contributed by atoms with Gasteiger partial charge in [-0.05, 0) is 36.4 Å². The highest BCUT2D eigenvalue weighted by atomic mass is 35.5. The number of nitrogens with two attached hydrogens (primary N) is 2. The summed E-state index contributed by atoms with van der Waals surface area (Å²) in [6.07, 6.45) is 0. The third-order valence-electron chi connectivity index (χ3n) is 9.28. The number of carbonyl (C=O) groups is 6. The normalized spacial score (nSPS) is 15.6. The number of para-hydroxylation sites is 2. The molecule has 2 fully saturated rings.